The number of allylic oxidation sites excluding steroid dienone is 1. The maximum Gasteiger partial charge on any atom is 0.247 e. The van der Waals surface area contributed by atoms with Gasteiger partial charge in [0.2, 0.25) is 5.91 Å². The van der Waals surface area contributed by atoms with E-state index in [2.05, 4.69) is 12.1 Å². The van der Waals surface area contributed by atoms with Crippen molar-refractivity contribution >= 4 is 22.4 Å². The molecule has 4 aromatic rings. The number of benzene rings is 3. The Labute approximate surface area is 198 Å². The lowest BCUT2D eigenvalue weighted by Crippen LogP contribution is -2.34. The van der Waals surface area contributed by atoms with E-state index < -0.39 is 0 Å². The van der Waals surface area contributed by atoms with Crippen LogP contribution in [0.5, 0.6) is 5.75 Å². The third kappa shape index (κ3) is 4.21. The van der Waals surface area contributed by atoms with Crippen LogP contribution in [0, 0.1) is 5.82 Å². The van der Waals surface area contributed by atoms with E-state index in [0.29, 0.717) is 31.0 Å². The lowest BCUT2D eigenvalue weighted by atomic mass is 9.98. The Hall–Kier alpha value is -3.86. The molecule has 1 aliphatic rings. The first kappa shape index (κ1) is 22.0. The summed E-state index contributed by atoms with van der Waals surface area (Å²) in [5.74, 6) is 0.370. The number of carbonyl (C=O) groups excluding carboxylic acids is 1. The minimum Gasteiger partial charge on any atom is -0.493 e. The van der Waals surface area contributed by atoms with Crippen LogP contribution in [0.4, 0.5) is 4.39 Å². The molecule has 0 spiro atoms. The van der Waals surface area contributed by atoms with E-state index in [9.17, 15) is 9.18 Å². The molecule has 0 radical (unpaired) electrons. The Morgan fingerprint density at radius 3 is 2.65 bits per heavy atom. The molecule has 0 aliphatic carbocycles. The van der Waals surface area contributed by atoms with Crippen LogP contribution in [-0.2, 0) is 17.8 Å². The van der Waals surface area contributed by atoms with E-state index in [0.717, 1.165) is 34.1 Å². The highest BCUT2D eigenvalue weighted by molar-refractivity contribution is 6.00. The molecule has 172 valence electrons. The number of furan rings is 1. The number of ether oxygens (including phenoxy) is 1. The van der Waals surface area contributed by atoms with Gasteiger partial charge in [0.1, 0.15) is 17.1 Å². The smallest absolute Gasteiger partial charge is 0.247 e. The maximum atomic E-state index is 13.4. The van der Waals surface area contributed by atoms with Gasteiger partial charge in [0.05, 0.1) is 12.9 Å². The van der Waals surface area contributed by atoms with E-state index >= 15 is 0 Å². The molecular formula is C29H26FNO3. The number of hydrogen-bond acceptors (Lipinski definition) is 3. The van der Waals surface area contributed by atoms with Gasteiger partial charge in [0, 0.05) is 41.7 Å². The summed E-state index contributed by atoms with van der Waals surface area (Å²) in [7, 11) is 0. The van der Waals surface area contributed by atoms with Gasteiger partial charge in [-0.1, -0.05) is 36.4 Å². The first-order valence-electron chi connectivity index (χ1n) is 11.5. The van der Waals surface area contributed by atoms with Crippen LogP contribution < -0.4 is 4.74 Å². The number of carbonyl (C=O) groups is 1. The SMILES string of the molecule is CCOc1cc2occ(-c3ccc(F)cc3)c2cc1/C(C)=C/C(=O)N1CCc2ccccc2C1. The summed E-state index contributed by atoms with van der Waals surface area (Å²) in [4.78, 5) is 15.0. The lowest BCUT2D eigenvalue weighted by Gasteiger charge is -2.28. The molecule has 0 N–H and O–H groups in total. The highest BCUT2D eigenvalue weighted by Crippen LogP contribution is 2.37. The molecule has 4 nitrogen and oxygen atoms in total. The van der Waals surface area contributed by atoms with Gasteiger partial charge in [-0.25, -0.2) is 4.39 Å². The van der Waals surface area contributed by atoms with E-state index in [1.165, 1.54) is 23.3 Å². The molecule has 3 aromatic carbocycles. The van der Waals surface area contributed by atoms with Crippen molar-refractivity contribution in [1.29, 1.82) is 0 Å². The van der Waals surface area contributed by atoms with Gasteiger partial charge in [0.25, 0.3) is 0 Å². The Balaban J connectivity index is 1.50. The Bertz CT molecular complexity index is 1380. The van der Waals surface area contributed by atoms with Gasteiger partial charge in [-0.3, -0.25) is 4.79 Å². The van der Waals surface area contributed by atoms with Gasteiger partial charge in [-0.2, -0.15) is 0 Å². The fraction of sp³-hybridized carbons (Fsp3) is 0.207. The molecule has 0 bridgehead atoms. The number of nitrogens with zero attached hydrogens (tertiary/aromatic N) is 1. The molecule has 2 heterocycles. The number of amides is 1. The topological polar surface area (TPSA) is 42.7 Å². The van der Waals surface area contributed by atoms with Crippen LogP contribution in [0.15, 0.2) is 77.4 Å². The Kier molecular flexibility index (Phi) is 5.93. The molecule has 34 heavy (non-hydrogen) atoms. The summed E-state index contributed by atoms with van der Waals surface area (Å²) in [6.45, 7) is 5.67. The first-order chi connectivity index (χ1) is 16.5. The van der Waals surface area contributed by atoms with Crippen LogP contribution in [-0.4, -0.2) is 24.0 Å². The highest BCUT2D eigenvalue weighted by atomic mass is 19.1. The molecule has 5 rings (SSSR count). The zero-order chi connectivity index (χ0) is 23.7. The third-order valence-electron chi connectivity index (χ3n) is 6.34. The van der Waals surface area contributed by atoms with E-state index in [1.54, 1.807) is 24.5 Å². The van der Waals surface area contributed by atoms with Crippen molar-refractivity contribution in [3.63, 3.8) is 0 Å². The van der Waals surface area contributed by atoms with Crippen LogP contribution in [0.2, 0.25) is 0 Å². The van der Waals surface area contributed by atoms with Crippen molar-refractivity contribution < 1.29 is 18.3 Å². The van der Waals surface area contributed by atoms with Crippen molar-refractivity contribution in [3.05, 3.63) is 95.5 Å². The maximum absolute atomic E-state index is 13.4. The average molecular weight is 456 g/mol. The fourth-order valence-electron chi connectivity index (χ4n) is 4.53. The third-order valence-corrected chi connectivity index (χ3v) is 6.34. The van der Waals surface area contributed by atoms with Crippen LogP contribution in [0.3, 0.4) is 0 Å². The van der Waals surface area contributed by atoms with Crippen molar-refractivity contribution in [1.82, 2.24) is 4.90 Å². The predicted octanol–water partition coefficient (Wildman–Crippen LogP) is 6.63. The van der Waals surface area contributed by atoms with Crippen LogP contribution in [0.1, 0.15) is 30.5 Å². The molecule has 1 aliphatic heterocycles. The molecule has 0 saturated heterocycles. The normalized spacial score (nSPS) is 13.7. The summed E-state index contributed by atoms with van der Waals surface area (Å²) in [6.07, 6.45) is 4.23. The predicted molar refractivity (Wildman–Crippen MR) is 132 cm³/mol. The average Bonchev–Trinajstić information content (AvgIpc) is 3.26. The zero-order valence-corrected chi connectivity index (χ0v) is 19.3. The Morgan fingerprint density at radius 1 is 1.12 bits per heavy atom. The van der Waals surface area contributed by atoms with E-state index in [-0.39, 0.29) is 11.7 Å². The summed E-state index contributed by atoms with van der Waals surface area (Å²) >= 11 is 0. The van der Waals surface area contributed by atoms with E-state index in [4.69, 9.17) is 9.15 Å². The minimum absolute atomic E-state index is 0.0134. The lowest BCUT2D eigenvalue weighted by molar-refractivity contribution is -0.126. The monoisotopic (exact) mass is 455 g/mol. The highest BCUT2D eigenvalue weighted by Gasteiger charge is 2.20. The molecule has 1 amide bonds. The van der Waals surface area contributed by atoms with Crippen molar-refractivity contribution in [2.45, 2.75) is 26.8 Å². The van der Waals surface area contributed by atoms with Gasteiger partial charge >= 0.3 is 0 Å². The van der Waals surface area contributed by atoms with Crippen molar-refractivity contribution in [3.8, 4) is 16.9 Å². The van der Waals surface area contributed by atoms with Gasteiger partial charge < -0.3 is 14.1 Å². The fourth-order valence-corrected chi connectivity index (χ4v) is 4.53. The summed E-state index contributed by atoms with van der Waals surface area (Å²) < 4.78 is 25.1. The summed E-state index contributed by atoms with van der Waals surface area (Å²) in [6, 6.07) is 18.5. The number of halogens is 1. The molecule has 0 fully saturated rings. The molecule has 1 aromatic heterocycles. The van der Waals surface area contributed by atoms with Crippen LogP contribution in [0.25, 0.3) is 27.7 Å². The van der Waals surface area contributed by atoms with Gasteiger partial charge in [-0.05, 0) is 60.7 Å². The van der Waals surface area contributed by atoms with E-state index in [1.807, 2.05) is 43.0 Å². The van der Waals surface area contributed by atoms with Crippen molar-refractivity contribution in [2.24, 2.45) is 0 Å². The first-order valence-corrected chi connectivity index (χ1v) is 11.5. The molecular weight excluding hydrogens is 429 g/mol. The quantitative estimate of drug-likeness (QED) is 0.317. The molecule has 5 heteroatoms. The number of fused-ring (bicyclic) bond motifs is 2. The minimum atomic E-state index is -0.284. The second kappa shape index (κ2) is 9.18. The largest absolute Gasteiger partial charge is 0.493 e. The van der Waals surface area contributed by atoms with Gasteiger partial charge in [-0.15, -0.1) is 0 Å². The van der Waals surface area contributed by atoms with Gasteiger partial charge in [0.15, 0.2) is 0 Å². The Morgan fingerprint density at radius 2 is 1.88 bits per heavy atom. The zero-order valence-electron chi connectivity index (χ0n) is 19.3. The molecule has 0 unspecified atom stereocenters. The second-order valence-corrected chi connectivity index (χ2v) is 8.54. The molecule has 0 saturated carbocycles. The van der Waals surface area contributed by atoms with Crippen LogP contribution >= 0.6 is 0 Å². The summed E-state index contributed by atoms with van der Waals surface area (Å²) in [5, 5.41) is 0.886. The standard InChI is InChI=1S/C29H26FNO3/c1-3-33-27-16-28-25(26(18-34-28)21-8-10-23(30)11-9-21)15-24(27)19(2)14-29(32)31-13-12-20-6-4-5-7-22(20)17-31/h4-11,14-16,18H,3,12-13,17H2,1-2H3/b19-14+. The molecule has 0 atom stereocenters. The number of hydrogen-bond donors (Lipinski definition) is 0. The summed E-state index contributed by atoms with van der Waals surface area (Å²) in [5.41, 5.74) is 6.58. The van der Waals surface area contributed by atoms with Crippen molar-refractivity contribution in [2.75, 3.05) is 13.2 Å². The number of rotatable bonds is 5. The second-order valence-electron chi connectivity index (χ2n) is 8.54.